The molecule has 314 valence electrons. The minimum atomic E-state index is -1.75. The van der Waals surface area contributed by atoms with Crippen molar-refractivity contribution in [3.05, 3.63) is 57.6 Å². The molecule has 2 aromatic rings. The number of phenols is 2. The monoisotopic (exact) mass is 809 g/mol. The van der Waals surface area contributed by atoms with E-state index < -0.39 is 108 Å². The lowest BCUT2D eigenvalue weighted by Crippen LogP contribution is -2.62. The highest BCUT2D eigenvalue weighted by molar-refractivity contribution is 6.30. The molecule has 0 saturated carbocycles. The molecule has 8 rings (SSSR count). The molecule has 0 bridgehead atoms. The zero-order valence-corrected chi connectivity index (χ0v) is 33.5. The maximum atomic E-state index is 13.9. The number of ether oxygens (including phenoxy) is 8. The van der Waals surface area contributed by atoms with Gasteiger partial charge in [-0.3, -0.25) is 19.2 Å². The second kappa shape index (κ2) is 15.3. The molecule has 4 saturated heterocycles. The number of hydrogen-bond donors (Lipinski definition) is 3. The number of carbonyl (C=O) groups excluding carboxylic acids is 4. The molecule has 16 heteroatoms. The van der Waals surface area contributed by atoms with E-state index in [1.54, 1.807) is 13.8 Å². The Labute approximate surface area is 335 Å². The summed E-state index contributed by atoms with van der Waals surface area (Å²) in [6, 6.07) is 5.18. The van der Waals surface area contributed by atoms with Gasteiger partial charge in [-0.15, -0.1) is 0 Å². The van der Waals surface area contributed by atoms with Crippen LogP contribution in [-0.2, 0) is 47.5 Å². The predicted molar refractivity (Wildman–Crippen MR) is 199 cm³/mol. The number of aromatic hydroxyl groups is 2. The van der Waals surface area contributed by atoms with Crippen LogP contribution in [0.25, 0.3) is 0 Å². The fraction of sp³-hybridized carbons (Fsp3) is 0.619. The summed E-state index contributed by atoms with van der Waals surface area (Å²) in [5, 5.41) is 34.8. The van der Waals surface area contributed by atoms with Crippen molar-refractivity contribution < 1.29 is 72.4 Å². The van der Waals surface area contributed by atoms with Gasteiger partial charge >= 0.3 is 5.97 Å². The molecule has 2 aliphatic carbocycles. The zero-order chi connectivity index (χ0) is 41.5. The van der Waals surface area contributed by atoms with E-state index in [2.05, 4.69) is 0 Å². The van der Waals surface area contributed by atoms with Crippen LogP contribution in [0, 0.1) is 0 Å². The molecule has 3 N–H and O–H groups in total. The van der Waals surface area contributed by atoms with Crippen LogP contribution >= 0.6 is 0 Å². The van der Waals surface area contributed by atoms with Crippen LogP contribution in [0.15, 0.2) is 24.3 Å². The predicted octanol–water partition coefficient (Wildman–Crippen LogP) is 3.17. The lowest BCUT2D eigenvalue weighted by molar-refractivity contribution is -0.371. The largest absolute Gasteiger partial charge is 0.507 e. The molecule has 0 unspecified atom stereocenters. The number of rotatable bonds is 7. The Bertz CT molecular complexity index is 2000. The number of Topliss-reactive ketones (excluding diaryl/α,β-unsaturated/α-hetero) is 1. The summed E-state index contributed by atoms with van der Waals surface area (Å²) in [7, 11) is 4.98. The van der Waals surface area contributed by atoms with Gasteiger partial charge in [-0.2, -0.15) is 0 Å². The van der Waals surface area contributed by atoms with Crippen molar-refractivity contribution in [1.29, 1.82) is 0 Å². The van der Waals surface area contributed by atoms with Gasteiger partial charge in [-0.1, -0.05) is 19.1 Å². The molecule has 2 aromatic carbocycles. The van der Waals surface area contributed by atoms with Gasteiger partial charge in [-0.05, 0) is 59.0 Å². The molecule has 0 spiro atoms. The molecular formula is C42H51NO15. The van der Waals surface area contributed by atoms with Crippen molar-refractivity contribution in [3.8, 4) is 11.5 Å². The van der Waals surface area contributed by atoms with E-state index in [-0.39, 0.29) is 70.9 Å². The number of carbonyl (C=O) groups is 4. The Morgan fingerprint density at radius 3 is 2.33 bits per heavy atom. The topological polar surface area (TPSA) is 206 Å². The maximum Gasteiger partial charge on any atom is 0.316 e. The van der Waals surface area contributed by atoms with Crippen LogP contribution in [0.3, 0.4) is 0 Å². The minimum Gasteiger partial charge on any atom is -0.507 e. The summed E-state index contributed by atoms with van der Waals surface area (Å²) in [6.45, 7) is 7.13. The first-order chi connectivity index (χ1) is 27.5. The number of methoxy groups -OCH3 is 1. The van der Waals surface area contributed by atoms with Crippen LogP contribution in [0.4, 0.5) is 0 Å². The highest BCUT2D eigenvalue weighted by Gasteiger charge is 2.54. The van der Waals surface area contributed by atoms with Crippen LogP contribution in [-0.4, -0.2) is 138 Å². The summed E-state index contributed by atoms with van der Waals surface area (Å²) in [6.07, 6.45) is -6.13. The van der Waals surface area contributed by atoms with E-state index in [4.69, 9.17) is 37.9 Å². The number of aliphatic hydroxyl groups is 1. The lowest BCUT2D eigenvalue weighted by Gasteiger charge is -2.51. The van der Waals surface area contributed by atoms with Crippen molar-refractivity contribution in [2.75, 3.05) is 21.2 Å². The zero-order valence-electron chi connectivity index (χ0n) is 33.5. The number of ketones is 3. The number of likely N-dealkylation sites (N-methyl/N-ethyl adjacent to an activating group) is 1. The number of fused-ring (bicyclic) bond motifs is 5. The fourth-order valence-electron chi connectivity index (χ4n) is 9.71. The van der Waals surface area contributed by atoms with Crippen LogP contribution in [0.2, 0.25) is 0 Å². The van der Waals surface area contributed by atoms with Crippen LogP contribution in [0.5, 0.6) is 11.5 Å². The second-order valence-corrected chi connectivity index (χ2v) is 16.5. The third kappa shape index (κ3) is 6.76. The number of phenolic OH excluding ortho intramolecular Hbond substituents is 2. The van der Waals surface area contributed by atoms with Crippen molar-refractivity contribution in [3.63, 3.8) is 0 Å². The first-order valence-corrected chi connectivity index (χ1v) is 19.9. The second-order valence-electron chi connectivity index (χ2n) is 16.5. The normalized spacial score (nSPS) is 38.3. The quantitative estimate of drug-likeness (QED) is 0.293. The van der Waals surface area contributed by atoms with Crippen molar-refractivity contribution in [1.82, 2.24) is 4.90 Å². The van der Waals surface area contributed by atoms with E-state index in [0.717, 1.165) is 0 Å². The summed E-state index contributed by atoms with van der Waals surface area (Å²) < 4.78 is 49.6. The maximum absolute atomic E-state index is 13.9. The minimum absolute atomic E-state index is 0.0407. The molecule has 4 aliphatic heterocycles. The third-order valence-electron chi connectivity index (χ3n) is 12.8. The van der Waals surface area contributed by atoms with E-state index in [0.29, 0.717) is 6.42 Å². The molecule has 0 radical (unpaired) electrons. The van der Waals surface area contributed by atoms with Gasteiger partial charge in [0, 0.05) is 48.4 Å². The van der Waals surface area contributed by atoms with Gasteiger partial charge in [0.1, 0.15) is 41.8 Å². The SMILES string of the molecule is CC[C@@]1(O)C[C@H](O[C@H]2C[C@H](N(C)C)[C@H](O[C@H]3C[C@@H]4O[C@H]5CC(=O)[C@H](C)O[C@H]5O[C@@H]4[C@H](C)O3)[C@H](C)O2)c2c(cc3c(c2O)C(=O)c2c(O)cccc2C3=O)[C@H]1C(=O)OC. The van der Waals surface area contributed by atoms with Gasteiger partial charge < -0.3 is 58.1 Å². The molecule has 0 amide bonds. The Morgan fingerprint density at radius 2 is 1.62 bits per heavy atom. The summed E-state index contributed by atoms with van der Waals surface area (Å²) in [5.74, 6) is -4.59. The first-order valence-electron chi connectivity index (χ1n) is 19.9. The lowest BCUT2D eigenvalue weighted by atomic mass is 9.67. The number of hydrogen-bond acceptors (Lipinski definition) is 16. The van der Waals surface area contributed by atoms with Crippen molar-refractivity contribution in [2.45, 2.75) is 145 Å². The van der Waals surface area contributed by atoms with Crippen LogP contribution < -0.4 is 0 Å². The Kier molecular flexibility index (Phi) is 10.8. The number of benzene rings is 2. The molecule has 14 atom stereocenters. The molecule has 58 heavy (non-hydrogen) atoms. The molecule has 0 aromatic heterocycles. The van der Waals surface area contributed by atoms with E-state index in [1.165, 1.54) is 31.4 Å². The third-order valence-corrected chi connectivity index (χ3v) is 12.8. The average Bonchev–Trinajstić information content (AvgIpc) is 3.17. The van der Waals surface area contributed by atoms with Gasteiger partial charge in [-0.25, -0.2) is 0 Å². The molecule has 16 nitrogen and oxygen atoms in total. The summed E-state index contributed by atoms with van der Waals surface area (Å²) in [5.41, 5.74) is -2.42. The van der Waals surface area contributed by atoms with Crippen molar-refractivity contribution in [2.24, 2.45) is 0 Å². The van der Waals surface area contributed by atoms with Gasteiger partial charge in [0.05, 0.1) is 48.3 Å². The summed E-state index contributed by atoms with van der Waals surface area (Å²) in [4.78, 5) is 55.6. The van der Waals surface area contributed by atoms with Crippen molar-refractivity contribution >= 4 is 23.3 Å². The van der Waals surface area contributed by atoms with Crippen LogP contribution in [0.1, 0.15) is 115 Å². The molecule has 4 fully saturated rings. The Morgan fingerprint density at radius 1 is 0.897 bits per heavy atom. The highest BCUT2D eigenvalue weighted by atomic mass is 16.8. The Hall–Kier alpha value is -3.84. The Balaban J connectivity index is 1.06. The highest BCUT2D eigenvalue weighted by Crippen LogP contribution is 2.54. The molecule has 6 aliphatic rings. The van der Waals surface area contributed by atoms with E-state index >= 15 is 0 Å². The first kappa shape index (κ1) is 40.9. The average molecular weight is 810 g/mol. The summed E-state index contributed by atoms with van der Waals surface area (Å²) >= 11 is 0. The van der Waals surface area contributed by atoms with E-state index in [1.807, 2.05) is 32.8 Å². The van der Waals surface area contributed by atoms with Gasteiger partial charge in [0.2, 0.25) is 5.78 Å². The smallest absolute Gasteiger partial charge is 0.316 e. The van der Waals surface area contributed by atoms with E-state index in [9.17, 15) is 34.5 Å². The fourth-order valence-corrected chi connectivity index (χ4v) is 9.71. The standard InChI is InChI=1S/C42H51NO15/c1-8-42(50)16-28(32-21(34(42)40(49)51-7)12-22-33(37(32)48)36(47)31-20(35(22)46)10-9-11-24(31)44)56-29-13-23(43(5)6)38(18(3)52-29)57-30-15-26-39(19(4)53-30)58-41-27(55-26)14-25(45)17(2)54-41/h9-12,17-19,23,26-30,34,38-39,41,44,48,50H,8,13-16H2,1-7H3/t17-,18-,19-,23-,26-,27-,28-,29-,30-,34-,38+,39+,41-,42+/m0/s1. The number of esters is 1. The molecule has 4 heterocycles. The van der Waals surface area contributed by atoms with Gasteiger partial charge in [0.15, 0.2) is 30.4 Å². The van der Waals surface area contributed by atoms with Gasteiger partial charge in [0.25, 0.3) is 0 Å². The number of nitrogens with zero attached hydrogens (tertiary/aromatic N) is 1. The molecular weight excluding hydrogens is 758 g/mol.